The van der Waals surface area contributed by atoms with E-state index in [-0.39, 0.29) is 0 Å². The largest absolute Gasteiger partial charge is 0.465 e. The molecular weight excluding hydrogens is 342 g/mol. The number of nitrogens with zero attached hydrogens (tertiary/aromatic N) is 1. The van der Waals surface area contributed by atoms with Crippen LogP contribution in [-0.4, -0.2) is 24.9 Å². The number of carbonyl (C=O) groups is 3. The Morgan fingerprint density at radius 2 is 1.40 bits per heavy atom. The van der Waals surface area contributed by atoms with Gasteiger partial charge in [-0.1, -0.05) is 0 Å². The predicted molar refractivity (Wildman–Crippen MR) is 93.0 cm³/mol. The van der Waals surface area contributed by atoms with Gasteiger partial charge in [0.15, 0.2) is 0 Å². The van der Waals surface area contributed by atoms with Crippen LogP contribution in [0.3, 0.4) is 0 Å². The molecule has 0 saturated carbocycles. The standard InChI is InChI=1S/C17H13N3O4S/c1-24-17(23)11-2-4-12(5-3-11)19-15(21)16(22)20-13-6-8-14(9-7-13)25-10-18/h2-9H,1H3,(H,19,21)(H,20,22). The number of thiocyanates is 1. The zero-order valence-electron chi connectivity index (χ0n) is 13.1. The predicted octanol–water partition coefficient (Wildman–Crippen LogP) is 2.62. The molecule has 0 spiro atoms. The Hall–Kier alpha value is -3.31. The first kappa shape index (κ1) is 18.0. The smallest absolute Gasteiger partial charge is 0.337 e. The number of hydrogen-bond donors (Lipinski definition) is 2. The van der Waals surface area contributed by atoms with Crippen molar-refractivity contribution in [2.24, 2.45) is 0 Å². The molecule has 0 bridgehead atoms. The summed E-state index contributed by atoms with van der Waals surface area (Å²) in [6.07, 6.45) is 0. The third kappa shape index (κ3) is 5.09. The molecule has 2 rings (SSSR count). The lowest BCUT2D eigenvalue weighted by molar-refractivity contribution is -0.132. The quantitative estimate of drug-likeness (QED) is 0.378. The van der Waals surface area contributed by atoms with Crippen molar-refractivity contribution in [1.29, 1.82) is 5.26 Å². The molecule has 0 fully saturated rings. The van der Waals surface area contributed by atoms with Crippen molar-refractivity contribution >= 4 is 40.9 Å². The van der Waals surface area contributed by atoms with Gasteiger partial charge in [0.2, 0.25) is 0 Å². The number of carbonyl (C=O) groups excluding carboxylic acids is 3. The first-order valence-electron chi connectivity index (χ1n) is 7.00. The summed E-state index contributed by atoms with van der Waals surface area (Å²) in [5.41, 5.74) is 1.14. The number of nitrogens with one attached hydrogen (secondary N) is 2. The topological polar surface area (TPSA) is 108 Å². The molecule has 25 heavy (non-hydrogen) atoms. The average Bonchev–Trinajstić information content (AvgIpc) is 2.63. The summed E-state index contributed by atoms with van der Waals surface area (Å²) >= 11 is 0.996. The van der Waals surface area contributed by atoms with Gasteiger partial charge in [0, 0.05) is 16.3 Å². The monoisotopic (exact) mass is 355 g/mol. The van der Waals surface area contributed by atoms with E-state index < -0.39 is 17.8 Å². The molecule has 0 atom stereocenters. The van der Waals surface area contributed by atoms with Gasteiger partial charge in [-0.15, -0.1) is 0 Å². The van der Waals surface area contributed by atoms with Gasteiger partial charge in [0.25, 0.3) is 0 Å². The minimum Gasteiger partial charge on any atom is -0.465 e. The Morgan fingerprint density at radius 3 is 1.84 bits per heavy atom. The van der Waals surface area contributed by atoms with E-state index in [0.717, 1.165) is 16.7 Å². The maximum Gasteiger partial charge on any atom is 0.337 e. The second-order valence-electron chi connectivity index (χ2n) is 4.69. The molecular formula is C17H13N3O4S. The van der Waals surface area contributed by atoms with Crippen LogP contribution in [0.5, 0.6) is 0 Å². The summed E-state index contributed by atoms with van der Waals surface area (Å²) in [6, 6.07) is 12.4. The summed E-state index contributed by atoms with van der Waals surface area (Å²) in [5.74, 6) is -2.17. The Bertz CT molecular complexity index is 826. The van der Waals surface area contributed by atoms with Crippen LogP contribution in [-0.2, 0) is 14.3 Å². The molecule has 126 valence electrons. The highest BCUT2D eigenvalue weighted by atomic mass is 32.2. The molecule has 7 nitrogen and oxygen atoms in total. The number of rotatable bonds is 4. The summed E-state index contributed by atoms with van der Waals surface area (Å²) in [4.78, 5) is 35.9. The molecule has 0 aliphatic carbocycles. The lowest BCUT2D eigenvalue weighted by Crippen LogP contribution is -2.29. The van der Waals surface area contributed by atoms with E-state index >= 15 is 0 Å². The Balaban J connectivity index is 1.94. The molecule has 2 aromatic carbocycles. The van der Waals surface area contributed by atoms with E-state index in [0.29, 0.717) is 16.9 Å². The Morgan fingerprint density at radius 1 is 0.920 bits per heavy atom. The van der Waals surface area contributed by atoms with Crippen LogP contribution in [0.2, 0.25) is 0 Å². The normalized spacial score (nSPS) is 9.60. The minimum atomic E-state index is -0.846. The summed E-state index contributed by atoms with van der Waals surface area (Å²) in [6.45, 7) is 0. The molecule has 2 amide bonds. The van der Waals surface area contributed by atoms with E-state index in [1.54, 1.807) is 24.3 Å². The summed E-state index contributed by atoms with van der Waals surface area (Å²) in [5, 5.41) is 15.4. The summed E-state index contributed by atoms with van der Waals surface area (Å²) in [7, 11) is 1.27. The van der Waals surface area contributed by atoms with Crippen molar-refractivity contribution < 1.29 is 19.1 Å². The van der Waals surface area contributed by atoms with Crippen LogP contribution >= 0.6 is 11.8 Å². The number of benzene rings is 2. The second kappa shape index (κ2) is 8.52. The fourth-order valence-corrected chi connectivity index (χ4v) is 2.22. The molecule has 0 unspecified atom stereocenters. The molecule has 0 radical (unpaired) electrons. The highest BCUT2D eigenvalue weighted by Crippen LogP contribution is 2.19. The fourth-order valence-electron chi connectivity index (χ4n) is 1.84. The van der Waals surface area contributed by atoms with Crippen LogP contribution < -0.4 is 10.6 Å². The van der Waals surface area contributed by atoms with E-state index in [2.05, 4.69) is 15.4 Å². The van der Waals surface area contributed by atoms with Crippen LogP contribution in [0.25, 0.3) is 0 Å². The number of esters is 1. The van der Waals surface area contributed by atoms with Gasteiger partial charge >= 0.3 is 17.8 Å². The minimum absolute atomic E-state index is 0.334. The molecule has 0 aliphatic rings. The first-order valence-corrected chi connectivity index (χ1v) is 7.82. The molecule has 0 aliphatic heterocycles. The molecule has 0 saturated heterocycles. The average molecular weight is 355 g/mol. The van der Waals surface area contributed by atoms with Crippen LogP contribution in [0.4, 0.5) is 11.4 Å². The van der Waals surface area contributed by atoms with Crippen molar-refractivity contribution in [3.63, 3.8) is 0 Å². The van der Waals surface area contributed by atoms with Crippen molar-refractivity contribution in [1.82, 2.24) is 0 Å². The van der Waals surface area contributed by atoms with Gasteiger partial charge in [-0.25, -0.2) is 4.79 Å². The zero-order chi connectivity index (χ0) is 18.2. The number of hydrogen-bond acceptors (Lipinski definition) is 6. The third-order valence-electron chi connectivity index (χ3n) is 3.05. The highest BCUT2D eigenvalue weighted by molar-refractivity contribution is 8.03. The molecule has 8 heteroatoms. The van der Waals surface area contributed by atoms with Gasteiger partial charge in [-0.2, -0.15) is 5.26 Å². The lowest BCUT2D eigenvalue weighted by Gasteiger charge is -2.07. The van der Waals surface area contributed by atoms with Gasteiger partial charge in [-0.3, -0.25) is 9.59 Å². The van der Waals surface area contributed by atoms with Gasteiger partial charge in [0.1, 0.15) is 5.40 Å². The van der Waals surface area contributed by atoms with E-state index in [9.17, 15) is 14.4 Å². The summed E-state index contributed by atoms with van der Waals surface area (Å²) < 4.78 is 4.58. The van der Waals surface area contributed by atoms with Crippen LogP contribution in [0.1, 0.15) is 10.4 Å². The van der Waals surface area contributed by atoms with Gasteiger partial charge in [0.05, 0.1) is 12.7 Å². The maximum absolute atomic E-state index is 11.9. The molecule has 2 N–H and O–H groups in total. The van der Waals surface area contributed by atoms with Crippen LogP contribution in [0.15, 0.2) is 53.4 Å². The molecule has 0 heterocycles. The number of thioether (sulfide) groups is 1. The third-order valence-corrected chi connectivity index (χ3v) is 3.64. The Labute approximate surface area is 148 Å². The number of nitriles is 1. The van der Waals surface area contributed by atoms with Gasteiger partial charge < -0.3 is 15.4 Å². The Kier molecular flexibility index (Phi) is 6.14. The van der Waals surface area contributed by atoms with E-state index in [1.165, 1.54) is 31.4 Å². The number of ether oxygens (including phenoxy) is 1. The lowest BCUT2D eigenvalue weighted by atomic mass is 10.2. The highest BCUT2D eigenvalue weighted by Gasteiger charge is 2.14. The first-order chi connectivity index (χ1) is 12.0. The zero-order valence-corrected chi connectivity index (χ0v) is 13.9. The number of amides is 2. The van der Waals surface area contributed by atoms with E-state index in [4.69, 9.17) is 5.26 Å². The van der Waals surface area contributed by atoms with Crippen molar-refractivity contribution in [2.45, 2.75) is 4.90 Å². The van der Waals surface area contributed by atoms with Crippen molar-refractivity contribution in [3.8, 4) is 5.40 Å². The second-order valence-corrected chi connectivity index (χ2v) is 5.55. The SMILES string of the molecule is COC(=O)c1ccc(NC(=O)C(=O)Nc2ccc(SC#N)cc2)cc1. The van der Waals surface area contributed by atoms with Gasteiger partial charge in [-0.05, 0) is 60.3 Å². The molecule has 2 aromatic rings. The van der Waals surface area contributed by atoms with Crippen molar-refractivity contribution in [2.75, 3.05) is 17.7 Å². The van der Waals surface area contributed by atoms with E-state index in [1.807, 2.05) is 5.40 Å². The number of anilines is 2. The van der Waals surface area contributed by atoms with Crippen molar-refractivity contribution in [3.05, 3.63) is 54.1 Å². The maximum atomic E-state index is 11.9. The molecule has 0 aromatic heterocycles. The van der Waals surface area contributed by atoms with Crippen LogP contribution in [0, 0.1) is 10.7 Å². The fraction of sp³-hybridized carbons (Fsp3) is 0.0588. The number of methoxy groups -OCH3 is 1.